The number of nitrogens with zero attached hydrogens (tertiary/aromatic N) is 6. The van der Waals surface area contributed by atoms with Crippen LogP contribution in [0.3, 0.4) is 0 Å². The summed E-state index contributed by atoms with van der Waals surface area (Å²) in [6.45, 7) is 7.81. The minimum Gasteiger partial charge on any atom is -0.461 e. The Morgan fingerprint density at radius 3 is 2.64 bits per heavy atom. The first-order valence-electron chi connectivity index (χ1n) is 15.4. The third-order valence-electron chi connectivity index (χ3n) is 9.47. The Labute approximate surface area is 264 Å². The van der Waals surface area contributed by atoms with E-state index in [2.05, 4.69) is 30.0 Å². The quantitative estimate of drug-likeness (QED) is 0.270. The summed E-state index contributed by atoms with van der Waals surface area (Å²) in [5.74, 6) is -0.470. The fourth-order valence-corrected chi connectivity index (χ4v) is 8.30. The maximum absolute atomic E-state index is 16.8. The molecular weight excluding hydrogens is 606 g/mol. The molecule has 5 heterocycles. The second-order valence-electron chi connectivity index (χ2n) is 12.1. The van der Waals surface area contributed by atoms with Crippen LogP contribution in [0.2, 0.25) is 5.02 Å². The molecule has 44 heavy (non-hydrogen) atoms. The van der Waals surface area contributed by atoms with Gasteiger partial charge in [0.1, 0.15) is 23.8 Å². The van der Waals surface area contributed by atoms with E-state index in [1.54, 1.807) is 6.07 Å². The van der Waals surface area contributed by atoms with Crippen LogP contribution in [0, 0.1) is 11.6 Å². The van der Waals surface area contributed by atoms with Gasteiger partial charge in [-0.2, -0.15) is 9.97 Å². The number of anilines is 2. The van der Waals surface area contributed by atoms with Crippen molar-refractivity contribution in [2.75, 3.05) is 76.6 Å². The van der Waals surface area contributed by atoms with Crippen LogP contribution in [0.15, 0.2) is 18.2 Å². The molecule has 234 valence electrons. The number of likely N-dealkylation sites (N-methyl/N-ethyl adjacent to an activating group) is 1. The highest BCUT2D eigenvalue weighted by Crippen LogP contribution is 2.43. The Morgan fingerprint density at radius 2 is 1.84 bits per heavy atom. The highest BCUT2D eigenvalue weighted by atomic mass is 35.5. The van der Waals surface area contributed by atoms with Crippen LogP contribution in [0.5, 0.6) is 6.01 Å². The molecule has 7 rings (SSSR count). The summed E-state index contributed by atoms with van der Waals surface area (Å²) in [7, 11) is 1.96. The molecule has 3 aliphatic heterocycles. The number of ether oxygens (including phenoxy) is 1. The summed E-state index contributed by atoms with van der Waals surface area (Å²) in [6.07, 6.45) is 5.39. The van der Waals surface area contributed by atoms with Gasteiger partial charge in [-0.15, -0.1) is 0 Å². The minimum absolute atomic E-state index is 0.0110. The van der Waals surface area contributed by atoms with Crippen molar-refractivity contribution >= 4 is 55.0 Å². The lowest BCUT2D eigenvalue weighted by Crippen LogP contribution is -2.43. The maximum Gasteiger partial charge on any atom is 0.319 e. The smallest absolute Gasteiger partial charge is 0.319 e. The first-order valence-corrected chi connectivity index (χ1v) is 16.6. The molecule has 4 aromatic rings. The van der Waals surface area contributed by atoms with E-state index < -0.39 is 11.6 Å². The summed E-state index contributed by atoms with van der Waals surface area (Å²) in [5.41, 5.74) is 6.78. The summed E-state index contributed by atoms with van der Waals surface area (Å²) >= 11 is 7.87. The second kappa shape index (κ2) is 12.1. The first-order chi connectivity index (χ1) is 21.4. The predicted octanol–water partition coefficient (Wildman–Crippen LogP) is 5.16. The number of fused-ring (bicyclic) bond motifs is 3. The Balaban J connectivity index is 1.33. The number of aromatic nitrogens is 3. The summed E-state index contributed by atoms with van der Waals surface area (Å²) in [5, 5.41) is 4.11. The molecule has 3 N–H and O–H groups in total. The second-order valence-corrected chi connectivity index (χ2v) is 13.5. The highest BCUT2D eigenvalue weighted by molar-refractivity contribution is 7.22. The SMILES string of the molecule is CNCCN1CCCN(c2nc(OCC34CCCN3CCC4)nc3c(F)c(-c4ccc(F)c5sc(N)nc45)c(Cl)cc23)CC1. The zero-order chi connectivity index (χ0) is 30.4. The van der Waals surface area contributed by atoms with E-state index in [-0.39, 0.29) is 43.0 Å². The van der Waals surface area contributed by atoms with E-state index in [0.717, 1.165) is 95.8 Å². The van der Waals surface area contributed by atoms with Crippen LogP contribution < -0.4 is 20.7 Å². The lowest BCUT2D eigenvalue weighted by Gasteiger charge is -2.31. The number of nitrogens with one attached hydrogen (secondary N) is 1. The van der Waals surface area contributed by atoms with Gasteiger partial charge in [-0.1, -0.05) is 22.9 Å². The molecule has 0 radical (unpaired) electrons. The van der Waals surface area contributed by atoms with Crippen LogP contribution in [-0.2, 0) is 0 Å². The van der Waals surface area contributed by atoms with Crippen molar-refractivity contribution in [3.8, 4) is 17.1 Å². The molecule has 3 fully saturated rings. The van der Waals surface area contributed by atoms with Crippen molar-refractivity contribution in [3.05, 3.63) is 34.9 Å². The van der Waals surface area contributed by atoms with Crippen molar-refractivity contribution in [1.29, 1.82) is 0 Å². The van der Waals surface area contributed by atoms with E-state index in [9.17, 15) is 4.39 Å². The molecule has 3 saturated heterocycles. The molecule has 3 aliphatic rings. The van der Waals surface area contributed by atoms with E-state index in [4.69, 9.17) is 27.1 Å². The molecule has 0 bridgehead atoms. The summed E-state index contributed by atoms with van der Waals surface area (Å²) < 4.78 is 38.1. The molecule has 2 aromatic heterocycles. The van der Waals surface area contributed by atoms with Gasteiger partial charge in [0.15, 0.2) is 10.9 Å². The average molecular weight is 643 g/mol. The zero-order valence-corrected chi connectivity index (χ0v) is 26.4. The maximum atomic E-state index is 16.8. The number of halogens is 3. The van der Waals surface area contributed by atoms with E-state index in [0.29, 0.717) is 23.4 Å². The van der Waals surface area contributed by atoms with Gasteiger partial charge in [-0.3, -0.25) is 4.90 Å². The molecule has 0 spiro atoms. The van der Waals surface area contributed by atoms with Gasteiger partial charge in [0, 0.05) is 49.2 Å². The predicted molar refractivity (Wildman–Crippen MR) is 173 cm³/mol. The first kappa shape index (κ1) is 29.8. The topological polar surface area (TPSA) is 95.7 Å². The van der Waals surface area contributed by atoms with Crippen LogP contribution in [-0.4, -0.2) is 96.3 Å². The Hall–Kier alpha value is -2.90. The summed E-state index contributed by atoms with van der Waals surface area (Å²) in [4.78, 5) is 21.0. The van der Waals surface area contributed by atoms with Gasteiger partial charge < -0.3 is 25.6 Å². The lowest BCUT2D eigenvalue weighted by molar-refractivity contribution is 0.108. The molecule has 0 unspecified atom stereocenters. The molecule has 0 aliphatic carbocycles. The van der Waals surface area contributed by atoms with Gasteiger partial charge in [-0.25, -0.2) is 13.8 Å². The normalized spacial score (nSPS) is 19.2. The van der Waals surface area contributed by atoms with E-state index in [1.807, 2.05) is 7.05 Å². The third kappa shape index (κ3) is 5.34. The van der Waals surface area contributed by atoms with Crippen LogP contribution in [0.4, 0.5) is 19.7 Å². The molecular formula is C31H37ClF2N8OS. The molecule has 0 saturated carbocycles. The van der Waals surface area contributed by atoms with Crippen molar-refractivity contribution in [1.82, 2.24) is 30.1 Å². The highest BCUT2D eigenvalue weighted by Gasteiger charge is 2.45. The molecule has 0 amide bonds. The number of rotatable bonds is 8. The number of nitrogen functional groups attached to an aromatic ring is 1. The molecule has 0 atom stereocenters. The van der Waals surface area contributed by atoms with Crippen LogP contribution in [0.1, 0.15) is 32.1 Å². The standard InChI is InChI=1S/C31H37ClF2N8OS/c1-36-9-14-40-10-4-11-41(16-15-40)28-20-17-21(32)23(19-5-6-22(33)27-26(19)37-29(35)44-27)24(34)25(20)38-30(39-28)43-18-31-7-2-12-42(31)13-3-8-31/h5-6,17,36H,2-4,7-16,18H2,1H3,(H2,35,37). The van der Waals surface area contributed by atoms with Gasteiger partial charge in [0.25, 0.3) is 0 Å². The Bertz CT molecular complexity index is 1690. The fraction of sp³-hybridized carbons (Fsp3) is 0.516. The van der Waals surface area contributed by atoms with Crippen LogP contribution in [0.25, 0.3) is 32.2 Å². The monoisotopic (exact) mass is 642 g/mol. The van der Waals surface area contributed by atoms with Crippen molar-refractivity contribution in [2.45, 2.75) is 37.6 Å². The number of hydrogen-bond donors (Lipinski definition) is 2. The van der Waals surface area contributed by atoms with Crippen molar-refractivity contribution in [2.24, 2.45) is 0 Å². The largest absolute Gasteiger partial charge is 0.461 e. The van der Waals surface area contributed by atoms with Crippen molar-refractivity contribution in [3.63, 3.8) is 0 Å². The Kier molecular flexibility index (Phi) is 8.21. The van der Waals surface area contributed by atoms with E-state index >= 15 is 4.39 Å². The molecule has 9 nitrogen and oxygen atoms in total. The van der Waals surface area contributed by atoms with Gasteiger partial charge >= 0.3 is 6.01 Å². The lowest BCUT2D eigenvalue weighted by atomic mass is 9.95. The third-order valence-corrected chi connectivity index (χ3v) is 10.7. The summed E-state index contributed by atoms with van der Waals surface area (Å²) in [6, 6.07) is 4.67. The van der Waals surface area contributed by atoms with Gasteiger partial charge in [-0.05, 0) is 77.0 Å². The molecule has 13 heteroatoms. The van der Waals surface area contributed by atoms with Crippen molar-refractivity contribution < 1.29 is 13.5 Å². The number of hydrogen-bond acceptors (Lipinski definition) is 10. The average Bonchev–Trinajstić information content (AvgIpc) is 3.66. The zero-order valence-electron chi connectivity index (χ0n) is 24.8. The minimum atomic E-state index is -0.618. The van der Waals surface area contributed by atoms with Gasteiger partial charge in [0.2, 0.25) is 0 Å². The van der Waals surface area contributed by atoms with E-state index in [1.165, 1.54) is 12.1 Å². The number of nitrogens with two attached hydrogens (primary N) is 1. The number of thiazole rings is 1. The Morgan fingerprint density at radius 1 is 1.02 bits per heavy atom. The molecule has 2 aromatic carbocycles. The van der Waals surface area contributed by atoms with Crippen LogP contribution >= 0.6 is 22.9 Å². The number of benzene rings is 2. The van der Waals surface area contributed by atoms with Gasteiger partial charge in [0.05, 0.1) is 20.8 Å². The fourth-order valence-electron chi connectivity index (χ4n) is 7.24.